The number of aliphatic imine (C=N–C) groups is 1. The van der Waals surface area contributed by atoms with Gasteiger partial charge in [-0.1, -0.05) is 30.3 Å². The van der Waals surface area contributed by atoms with Gasteiger partial charge in [0, 0.05) is 30.0 Å². The maximum absolute atomic E-state index is 6.04. The number of hydrogen-bond donors (Lipinski definition) is 2. The Morgan fingerprint density at radius 1 is 1.07 bits per heavy atom. The van der Waals surface area contributed by atoms with Crippen LogP contribution in [0.15, 0.2) is 58.9 Å². The molecule has 1 aliphatic rings. The molecular weight excluding hydrogens is 511 g/mol. The van der Waals surface area contributed by atoms with Crippen molar-refractivity contribution >= 4 is 47.0 Å². The molecule has 0 saturated heterocycles. The molecule has 3 N–H and O–H groups in total. The molecule has 6 nitrogen and oxygen atoms in total. The second-order valence-electron chi connectivity index (χ2n) is 6.76. The maximum Gasteiger partial charge on any atom is 0.193 e. The summed E-state index contributed by atoms with van der Waals surface area (Å²) in [6, 6.07) is 16.1. The number of hydrogen-bond acceptors (Lipinski definition) is 5. The number of nitrogens with one attached hydrogen (secondary N) is 1. The van der Waals surface area contributed by atoms with E-state index in [2.05, 4.69) is 39.6 Å². The number of nitrogens with zero attached hydrogens (tertiary/aromatic N) is 2. The molecule has 0 unspecified atom stereocenters. The first-order chi connectivity index (χ1) is 14.3. The molecule has 3 aromatic rings. The third-order valence-electron chi connectivity index (χ3n) is 4.50. The smallest absolute Gasteiger partial charge is 0.193 e. The van der Waals surface area contributed by atoms with Crippen molar-refractivity contribution in [3.8, 4) is 11.5 Å². The Bertz CT molecular complexity index is 978. The maximum atomic E-state index is 6.04. The number of guanidine groups is 1. The van der Waals surface area contributed by atoms with Crippen LogP contribution in [-0.4, -0.2) is 24.2 Å². The van der Waals surface area contributed by atoms with E-state index >= 15 is 0 Å². The fourth-order valence-corrected chi connectivity index (χ4v) is 3.82. The molecule has 0 spiro atoms. The lowest BCUT2D eigenvalue weighted by Crippen LogP contribution is -2.22. The van der Waals surface area contributed by atoms with E-state index in [9.17, 15) is 0 Å². The predicted molar refractivity (Wildman–Crippen MR) is 132 cm³/mol. The Labute approximate surface area is 197 Å². The Morgan fingerprint density at radius 2 is 1.87 bits per heavy atom. The Morgan fingerprint density at radius 3 is 2.70 bits per heavy atom. The van der Waals surface area contributed by atoms with Crippen LogP contribution in [0.3, 0.4) is 0 Å². The molecule has 0 atom stereocenters. The quantitative estimate of drug-likeness (QED) is 0.273. The van der Waals surface area contributed by atoms with Gasteiger partial charge >= 0.3 is 0 Å². The number of ether oxygens (including phenoxy) is 2. The minimum Gasteiger partial charge on any atom is -0.490 e. The second-order valence-corrected chi connectivity index (χ2v) is 7.70. The van der Waals surface area contributed by atoms with E-state index in [1.165, 1.54) is 5.56 Å². The summed E-state index contributed by atoms with van der Waals surface area (Å²) in [5.74, 6) is 1.83. The van der Waals surface area contributed by atoms with Crippen LogP contribution in [0.25, 0.3) is 0 Å². The van der Waals surface area contributed by atoms with Crippen molar-refractivity contribution in [3.63, 3.8) is 0 Å². The summed E-state index contributed by atoms with van der Waals surface area (Å²) in [6.45, 7) is 1.77. The highest BCUT2D eigenvalue weighted by Crippen LogP contribution is 2.32. The van der Waals surface area contributed by atoms with E-state index in [1.807, 2.05) is 29.6 Å². The number of thiazole rings is 1. The molecule has 0 fully saturated rings. The highest BCUT2D eigenvalue weighted by molar-refractivity contribution is 14.0. The van der Waals surface area contributed by atoms with Crippen LogP contribution in [0.2, 0.25) is 0 Å². The Hall–Kier alpha value is -2.33. The molecule has 0 aliphatic carbocycles. The zero-order valence-electron chi connectivity index (χ0n) is 16.5. The number of aryl methyl sites for hydroxylation is 2. The molecule has 0 radical (unpaired) electrons. The molecule has 30 heavy (non-hydrogen) atoms. The third-order valence-corrected chi connectivity index (χ3v) is 5.46. The number of nitrogens with two attached hydrogens (primary N) is 1. The van der Waals surface area contributed by atoms with Crippen molar-refractivity contribution in [2.45, 2.75) is 25.8 Å². The van der Waals surface area contributed by atoms with Crippen LogP contribution in [0.4, 0.5) is 5.69 Å². The van der Waals surface area contributed by atoms with E-state index < -0.39 is 0 Å². The van der Waals surface area contributed by atoms with E-state index in [0.717, 1.165) is 47.2 Å². The van der Waals surface area contributed by atoms with Gasteiger partial charge in [-0.2, -0.15) is 0 Å². The lowest BCUT2D eigenvalue weighted by atomic mass is 10.1. The zero-order valence-corrected chi connectivity index (χ0v) is 19.7. The fraction of sp³-hybridized carbons (Fsp3) is 0.273. The van der Waals surface area contributed by atoms with Crippen molar-refractivity contribution in [2.75, 3.05) is 18.5 Å². The van der Waals surface area contributed by atoms with Crippen LogP contribution in [0, 0.1) is 0 Å². The second kappa shape index (κ2) is 11.2. The van der Waals surface area contributed by atoms with Crippen LogP contribution < -0.4 is 20.5 Å². The molecule has 0 saturated carbocycles. The normalized spacial score (nSPS) is 13.3. The van der Waals surface area contributed by atoms with Crippen molar-refractivity contribution in [1.29, 1.82) is 0 Å². The lowest BCUT2D eigenvalue weighted by molar-refractivity contribution is 0.297. The van der Waals surface area contributed by atoms with Gasteiger partial charge in [0.25, 0.3) is 0 Å². The number of anilines is 1. The SMILES string of the molecule is I.NC(=NCc1csc(CCc2ccccc2)n1)Nc1ccc2c(c1)OCCCO2. The Balaban J connectivity index is 0.00000256. The van der Waals surface area contributed by atoms with Gasteiger partial charge in [-0.3, -0.25) is 0 Å². The summed E-state index contributed by atoms with van der Waals surface area (Å²) in [6.07, 6.45) is 2.80. The van der Waals surface area contributed by atoms with Crippen molar-refractivity contribution in [2.24, 2.45) is 10.7 Å². The standard InChI is InChI=1S/C22H24N4O2S.HI/c23-22(26-17-8-9-19-20(13-17)28-12-4-11-27-19)24-14-18-15-29-21(25-18)10-7-16-5-2-1-3-6-16;/h1-3,5-6,8-9,13,15H,4,7,10-12,14H2,(H3,23,24,26);1H. The van der Waals surface area contributed by atoms with Crippen molar-refractivity contribution in [1.82, 2.24) is 4.98 Å². The highest BCUT2D eigenvalue weighted by Gasteiger charge is 2.11. The molecule has 1 aromatic heterocycles. The van der Waals surface area contributed by atoms with Crippen LogP contribution in [-0.2, 0) is 19.4 Å². The molecule has 4 rings (SSSR count). The summed E-state index contributed by atoms with van der Waals surface area (Å²) in [7, 11) is 0. The zero-order chi connectivity index (χ0) is 19.9. The fourth-order valence-electron chi connectivity index (χ4n) is 3.03. The molecule has 8 heteroatoms. The van der Waals surface area contributed by atoms with Crippen molar-refractivity contribution < 1.29 is 9.47 Å². The van der Waals surface area contributed by atoms with Gasteiger partial charge < -0.3 is 20.5 Å². The number of aromatic nitrogens is 1. The molecule has 0 amide bonds. The molecular formula is C22H25IN4O2S. The first-order valence-electron chi connectivity index (χ1n) is 9.70. The lowest BCUT2D eigenvalue weighted by Gasteiger charge is -2.10. The first kappa shape index (κ1) is 22.4. The monoisotopic (exact) mass is 536 g/mol. The average molecular weight is 536 g/mol. The minimum absolute atomic E-state index is 0. The summed E-state index contributed by atoms with van der Waals surface area (Å²) < 4.78 is 11.3. The van der Waals surface area contributed by atoms with Crippen molar-refractivity contribution in [3.05, 3.63) is 70.2 Å². The van der Waals surface area contributed by atoms with Gasteiger partial charge in [-0.25, -0.2) is 9.98 Å². The molecule has 0 bridgehead atoms. The molecule has 1 aliphatic heterocycles. The summed E-state index contributed by atoms with van der Waals surface area (Å²) in [5.41, 5.74) is 9.12. The third kappa shape index (κ3) is 6.33. The Kier molecular flexibility index (Phi) is 8.32. The largest absolute Gasteiger partial charge is 0.490 e. The number of rotatable bonds is 6. The number of fused-ring (bicyclic) bond motifs is 1. The van der Waals surface area contributed by atoms with Gasteiger partial charge in [0.1, 0.15) is 0 Å². The topological polar surface area (TPSA) is 81.8 Å². The summed E-state index contributed by atoms with van der Waals surface area (Å²) in [5, 5.41) is 6.27. The van der Waals surface area contributed by atoms with E-state index in [-0.39, 0.29) is 24.0 Å². The summed E-state index contributed by atoms with van der Waals surface area (Å²) >= 11 is 1.67. The average Bonchev–Trinajstić information content (AvgIpc) is 3.07. The van der Waals surface area contributed by atoms with Gasteiger partial charge in [0.2, 0.25) is 0 Å². The number of halogens is 1. The van der Waals surface area contributed by atoms with E-state index in [4.69, 9.17) is 15.2 Å². The van der Waals surface area contributed by atoms with Gasteiger partial charge in [-0.15, -0.1) is 35.3 Å². The minimum atomic E-state index is 0. The van der Waals surface area contributed by atoms with Gasteiger partial charge in [-0.05, 0) is 24.1 Å². The first-order valence-corrected chi connectivity index (χ1v) is 10.6. The molecule has 158 valence electrons. The van der Waals surface area contributed by atoms with Crippen LogP contribution in [0.5, 0.6) is 11.5 Å². The number of benzene rings is 2. The van der Waals surface area contributed by atoms with Crippen LogP contribution >= 0.6 is 35.3 Å². The molecule has 2 aromatic carbocycles. The van der Waals surface area contributed by atoms with Gasteiger partial charge in [0.15, 0.2) is 17.5 Å². The van der Waals surface area contributed by atoms with E-state index in [1.54, 1.807) is 11.3 Å². The van der Waals surface area contributed by atoms with Gasteiger partial charge in [0.05, 0.1) is 30.5 Å². The van der Waals surface area contributed by atoms with E-state index in [0.29, 0.717) is 25.7 Å². The highest BCUT2D eigenvalue weighted by atomic mass is 127. The summed E-state index contributed by atoms with van der Waals surface area (Å²) in [4.78, 5) is 9.07. The predicted octanol–water partition coefficient (Wildman–Crippen LogP) is 4.63. The van der Waals surface area contributed by atoms with Crippen LogP contribution in [0.1, 0.15) is 22.7 Å². The molecule has 2 heterocycles.